The van der Waals surface area contributed by atoms with Crippen molar-refractivity contribution in [2.24, 2.45) is 5.73 Å². The van der Waals surface area contributed by atoms with E-state index >= 15 is 0 Å². The molecule has 1 aromatic carbocycles. The van der Waals surface area contributed by atoms with E-state index in [-0.39, 0.29) is 4.91 Å². The lowest BCUT2D eigenvalue weighted by Crippen LogP contribution is -2.36. The molecule has 0 aromatic heterocycles. The Bertz CT molecular complexity index is 750. The Morgan fingerprint density at radius 2 is 2.12 bits per heavy atom. The van der Waals surface area contributed by atoms with E-state index in [9.17, 15) is 14.4 Å². The van der Waals surface area contributed by atoms with Gasteiger partial charge in [0.05, 0.1) is 22.2 Å². The zero-order chi connectivity index (χ0) is 18.6. The standard InChI is InChI=1S/C16H17IN2O5S/c1-3-4-24-14-10(17)5-9(6-11(14)23-2)7-12-15(21)19(8-13(18)20)16(22)25-12/h5-7H,3-4,8H2,1-2H3,(H2,18,20)/b12-7-. The summed E-state index contributed by atoms with van der Waals surface area (Å²) >= 11 is 2.90. The van der Waals surface area contributed by atoms with Crippen molar-refractivity contribution < 1.29 is 23.9 Å². The first-order valence-corrected chi connectivity index (χ1v) is 9.30. The Labute approximate surface area is 163 Å². The van der Waals surface area contributed by atoms with Crippen LogP contribution in [0.1, 0.15) is 18.9 Å². The van der Waals surface area contributed by atoms with E-state index in [1.807, 2.05) is 13.0 Å². The van der Waals surface area contributed by atoms with Gasteiger partial charge in [-0.15, -0.1) is 0 Å². The fourth-order valence-corrected chi connectivity index (χ4v) is 3.73. The number of nitrogens with two attached hydrogens (primary N) is 1. The van der Waals surface area contributed by atoms with Crippen LogP contribution in [0.25, 0.3) is 6.08 Å². The summed E-state index contributed by atoms with van der Waals surface area (Å²) in [6, 6.07) is 3.56. The average Bonchev–Trinajstić information content (AvgIpc) is 2.80. The maximum atomic E-state index is 12.3. The highest BCUT2D eigenvalue weighted by atomic mass is 127. The predicted octanol–water partition coefficient (Wildman–Crippen LogP) is 2.61. The van der Waals surface area contributed by atoms with Crippen LogP contribution in [0.3, 0.4) is 0 Å². The maximum absolute atomic E-state index is 12.3. The van der Waals surface area contributed by atoms with E-state index in [1.54, 1.807) is 12.1 Å². The minimum Gasteiger partial charge on any atom is -0.493 e. The van der Waals surface area contributed by atoms with Gasteiger partial charge in [0.15, 0.2) is 11.5 Å². The molecular formula is C16H17IN2O5S. The van der Waals surface area contributed by atoms with Crippen LogP contribution < -0.4 is 15.2 Å². The number of carbonyl (C=O) groups excluding carboxylic acids is 3. The number of nitrogens with zero attached hydrogens (tertiary/aromatic N) is 1. The minimum absolute atomic E-state index is 0.228. The van der Waals surface area contributed by atoms with Crippen LogP contribution in [0.2, 0.25) is 0 Å². The van der Waals surface area contributed by atoms with E-state index in [4.69, 9.17) is 15.2 Å². The number of imide groups is 1. The van der Waals surface area contributed by atoms with Crippen LogP contribution in [0.15, 0.2) is 17.0 Å². The van der Waals surface area contributed by atoms with Crippen LogP contribution in [0.4, 0.5) is 4.79 Å². The fourth-order valence-electron chi connectivity index (χ4n) is 2.11. The van der Waals surface area contributed by atoms with Crippen molar-refractivity contribution >= 4 is 57.5 Å². The number of carbonyl (C=O) groups is 3. The molecule has 134 valence electrons. The third-order valence-electron chi connectivity index (χ3n) is 3.19. The molecule has 0 spiro atoms. The lowest BCUT2D eigenvalue weighted by molar-refractivity contribution is -0.127. The second-order valence-electron chi connectivity index (χ2n) is 5.12. The Kier molecular flexibility index (Phi) is 6.71. The van der Waals surface area contributed by atoms with Crippen LogP contribution in [-0.2, 0) is 9.59 Å². The molecule has 9 heteroatoms. The Morgan fingerprint density at radius 3 is 2.72 bits per heavy atom. The number of rotatable bonds is 7. The molecule has 1 heterocycles. The van der Waals surface area contributed by atoms with Gasteiger partial charge in [-0.05, 0) is 64.5 Å². The van der Waals surface area contributed by atoms with Gasteiger partial charge < -0.3 is 15.2 Å². The molecule has 0 bridgehead atoms. The number of hydrogen-bond acceptors (Lipinski definition) is 6. The fraction of sp³-hybridized carbons (Fsp3) is 0.312. The topological polar surface area (TPSA) is 98.9 Å². The summed E-state index contributed by atoms with van der Waals surface area (Å²) in [5, 5.41) is -0.514. The van der Waals surface area contributed by atoms with E-state index in [0.717, 1.165) is 26.7 Å². The SMILES string of the molecule is CCCOc1c(I)cc(/C=C2\SC(=O)N(CC(N)=O)C2=O)cc1OC. The van der Waals surface area contributed by atoms with E-state index in [0.29, 0.717) is 23.7 Å². The van der Waals surface area contributed by atoms with Gasteiger partial charge in [-0.2, -0.15) is 0 Å². The molecule has 1 aromatic rings. The summed E-state index contributed by atoms with van der Waals surface area (Å²) in [7, 11) is 1.54. The number of hydrogen-bond donors (Lipinski definition) is 1. The van der Waals surface area contributed by atoms with Crippen molar-refractivity contribution in [3.63, 3.8) is 0 Å². The molecule has 1 aliphatic heterocycles. The maximum Gasteiger partial charge on any atom is 0.294 e. The van der Waals surface area contributed by atoms with Gasteiger partial charge in [-0.3, -0.25) is 19.3 Å². The molecule has 2 N–H and O–H groups in total. The molecule has 0 unspecified atom stereocenters. The van der Waals surface area contributed by atoms with Gasteiger partial charge in [0.2, 0.25) is 5.91 Å². The highest BCUT2D eigenvalue weighted by Crippen LogP contribution is 2.37. The normalized spacial score (nSPS) is 15.8. The van der Waals surface area contributed by atoms with Crippen molar-refractivity contribution in [1.29, 1.82) is 0 Å². The molecule has 1 fully saturated rings. The molecule has 0 radical (unpaired) electrons. The van der Waals surface area contributed by atoms with Gasteiger partial charge in [-0.25, -0.2) is 0 Å². The zero-order valence-electron chi connectivity index (χ0n) is 13.7. The van der Waals surface area contributed by atoms with E-state index in [2.05, 4.69) is 22.6 Å². The number of thioether (sulfide) groups is 1. The van der Waals surface area contributed by atoms with Gasteiger partial charge in [0, 0.05) is 0 Å². The second-order valence-corrected chi connectivity index (χ2v) is 7.27. The molecule has 2 rings (SSSR count). The first kappa shape index (κ1) is 19.6. The number of halogens is 1. The summed E-state index contributed by atoms with van der Waals surface area (Å²) in [6.45, 7) is 2.15. The Morgan fingerprint density at radius 1 is 1.40 bits per heavy atom. The number of methoxy groups -OCH3 is 1. The lowest BCUT2D eigenvalue weighted by atomic mass is 10.2. The molecule has 1 saturated heterocycles. The van der Waals surface area contributed by atoms with Gasteiger partial charge in [0.1, 0.15) is 6.54 Å². The quantitative estimate of drug-likeness (QED) is 0.480. The van der Waals surface area contributed by atoms with Crippen LogP contribution in [0, 0.1) is 3.57 Å². The van der Waals surface area contributed by atoms with E-state index in [1.165, 1.54) is 7.11 Å². The first-order valence-electron chi connectivity index (χ1n) is 7.41. The van der Waals surface area contributed by atoms with Crippen molar-refractivity contribution in [2.75, 3.05) is 20.3 Å². The first-order chi connectivity index (χ1) is 11.9. The van der Waals surface area contributed by atoms with Crippen molar-refractivity contribution in [1.82, 2.24) is 4.90 Å². The van der Waals surface area contributed by atoms with Crippen molar-refractivity contribution in [3.05, 3.63) is 26.2 Å². The summed E-state index contributed by atoms with van der Waals surface area (Å²) in [6.07, 6.45) is 2.45. The number of primary amides is 1. The molecule has 0 saturated carbocycles. The summed E-state index contributed by atoms with van der Waals surface area (Å²) < 4.78 is 11.9. The minimum atomic E-state index is -0.739. The summed E-state index contributed by atoms with van der Waals surface area (Å²) in [5.41, 5.74) is 5.75. The van der Waals surface area contributed by atoms with Gasteiger partial charge in [-0.1, -0.05) is 6.92 Å². The third kappa shape index (κ3) is 4.66. The molecule has 3 amide bonds. The monoisotopic (exact) mass is 476 g/mol. The van der Waals surface area contributed by atoms with Crippen molar-refractivity contribution in [3.8, 4) is 11.5 Å². The largest absolute Gasteiger partial charge is 0.493 e. The molecule has 25 heavy (non-hydrogen) atoms. The Balaban J connectivity index is 2.32. The second kappa shape index (κ2) is 8.56. The highest BCUT2D eigenvalue weighted by Gasteiger charge is 2.35. The van der Waals surface area contributed by atoms with Crippen LogP contribution in [0.5, 0.6) is 11.5 Å². The predicted molar refractivity (Wildman–Crippen MR) is 103 cm³/mol. The molecular weight excluding hydrogens is 459 g/mol. The third-order valence-corrected chi connectivity index (χ3v) is 4.90. The number of benzene rings is 1. The van der Waals surface area contributed by atoms with E-state index < -0.39 is 23.6 Å². The number of amides is 3. The summed E-state index contributed by atoms with van der Waals surface area (Å²) in [4.78, 5) is 36.2. The molecule has 1 aliphatic rings. The highest BCUT2D eigenvalue weighted by molar-refractivity contribution is 14.1. The smallest absolute Gasteiger partial charge is 0.294 e. The van der Waals surface area contributed by atoms with Gasteiger partial charge in [0.25, 0.3) is 11.1 Å². The number of ether oxygens (including phenoxy) is 2. The van der Waals surface area contributed by atoms with Crippen LogP contribution >= 0.6 is 34.4 Å². The molecule has 0 atom stereocenters. The van der Waals surface area contributed by atoms with Crippen LogP contribution in [-0.4, -0.2) is 42.2 Å². The average molecular weight is 476 g/mol. The zero-order valence-corrected chi connectivity index (χ0v) is 16.7. The summed E-state index contributed by atoms with van der Waals surface area (Å²) in [5.74, 6) is -0.0850. The molecule has 7 nitrogen and oxygen atoms in total. The van der Waals surface area contributed by atoms with Gasteiger partial charge >= 0.3 is 0 Å². The lowest BCUT2D eigenvalue weighted by Gasteiger charge is -2.13. The Hall–Kier alpha value is -1.75. The molecule has 0 aliphatic carbocycles. The van der Waals surface area contributed by atoms with Crippen molar-refractivity contribution in [2.45, 2.75) is 13.3 Å².